The molecule has 0 unspecified atom stereocenters. The number of alkyl halides is 6. The Morgan fingerprint density at radius 3 is 2.24 bits per heavy atom. The van der Waals surface area contributed by atoms with E-state index in [9.17, 15) is 5.11 Å². The van der Waals surface area contributed by atoms with Gasteiger partial charge in [0.15, 0.2) is 3.23 Å². The summed E-state index contributed by atoms with van der Waals surface area (Å²) in [6, 6.07) is 0. The molecule has 2 aliphatic carbocycles. The van der Waals surface area contributed by atoms with E-state index in [1.165, 1.54) is 24.8 Å². The monoisotopic (exact) mass is 674 g/mol. The van der Waals surface area contributed by atoms with Gasteiger partial charge >= 0.3 is 0 Å². The smallest absolute Gasteiger partial charge is 0.164 e. The number of allylic oxidation sites excluding steroid dienone is 4. The van der Waals surface area contributed by atoms with Gasteiger partial charge in [0, 0.05) is 0 Å². The summed E-state index contributed by atoms with van der Waals surface area (Å²) in [5.74, 6) is 0.338. The third-order valence-electron chi connectivity index (χ3n) is 4.05. The maximum atomic E-state index is 10.9. The average Bonchev–Trinajstić information content (AvgIpc) is 2.68. The van der Waals surface area contributed by atoms with E-state index < -0.39 is 9.70 Å². The van der Waals surface area contributed by atoms with E-state index in [1.54, 1.807) is 0 Å². The Morgan fingerprint density at radius 1 is 0.905 bits per heavy atom. The molecule has 2 aliphatic rings. The Bertz CT molecular complexity index is 478. The minimum Gasteiger partial charge on any atom is -0.510 e. The highest BCUT2D eigenvalue weighted by molar-refractivity contribution is 9.33. The average molecular weight is 680 g/mol. The predicted molar refractivity (Wildman–Crippen MR) is 112 cm³/mol. The predicted octanol–water partition coefficient (Wildman–Crippen LogP) is 7.94. The quantitative estimate of drug-likeness (QED) is 0.279. The fourth-order valence-electron chi connectivity index (χ4n) is 2.73. The van der Waals surface area contributed by atoms with Crippen molar-refractivity contribution in [2.24, 2.45) is 0 Å². The second-order valence-corrected chi connectivity index (χ2v) is 16.2. The maximum Gasteiger partial charge on any atom is 0.164 e. The van der Waals surface area contributed by atoms with Crippen molar-refractivity contribution in [1.29, 1.82) is 0 Å². The first-order chi connectivity index (χ1) is 9.61. The molecule has 21 heavy (non-hydrogen) atoms. The lowest BCUT2D eigenvalue weighted by Crippen LogP contribution is -2.47. The first-order valence-corrected chi connectivity index (χ1v) is 11.6. The van der Waals surface area contributed by atoms with E-state index in [1.807, 2.05) is 0 Å². The van der Waals surface area contributed by atoms with Gasteiger partial charge in [-0.15, -0.1) is 0 Å². The van der Waals surface area contributed by atoms with Gasteiger partial charge in [0.2, 0.25) is 0 Å². The Kier molecular flexibility index (Phi) is 6.67. The molecule has 0 saturated heterocycles. The highest BCUT2D eigenvalue weighted by atomic mass is 79.9. The van der Waals surface area contributed by atoms with Crippen LogP contribution in [0.3, 0.4) is 0 Å². The van der Waals surface area contributed by atoms with E-state index in [0.717, 1.165) is 31.3 Å². The number of hydrogen-bond acceptors (Lipinski definition) is 1. The molecule has 7 heteroatoms. The van der Waals surface area contributed by atoms with Crippen molar-refractivity contribution in [3.05, 3.63) is 23.0 Å². The highest BCUT2D eigenvalue weighted by Crippen LogP contribution is 2.65. The summed E-state index contributed by atoms with van der Waals surface area (Å²) in [7, 11) is 0. The standard InChI is InChI=1S/C14H16Br6O/c15-12(16)8-7-10(9-5-3-1-2-4-6-9)11(21)13(17,18)14(12,19)20/h5,21H,1-4,6-8H2. The summed E-state index contributed by atoms with van der Waals surface area (Å²) in [4.78, 5) is 0. The SMILES string of the molecule is OC1=C(C2=CCCCCC2)CCC(Br)(Br)C(Br)(Br)C1(Br)Br. The zero-order valence-electron chi connectivity index (χ0n) is 11.2. The van der Waals surface area contributed by atoms with E-state index >= 15 is 0 Å². The zero-order chi connectivity index (χ0) is 15.9. The molecule has 0 radical (unpaired) electrons. The molecular formula is C14H16Br6O. The number of halogens is 6. The van der Waals surface area contributed by atoms with Gasteiger partial charge in [-0.3, -0.25) is 0 Å². The second-order valence-electron chi connectivity index (χ2n) is 5.51. The highest BCUT2D eigenvalue weighted by Gasteiger charge is 2.61. The Morgan fingerprint density at radius 2 is 1.57 bits per heavy atom. The van der Waals surface area contributed by atoms with Crippen LogP contribution in [-0.2, 0) is 0 Å². The van der Waals surface area contributed by atoms with Crippen molar-refractivity contribution < 1.29 is 5.11 Å². The molecule has 1 nitrogen and oxygen atoms in total. The van der Waals surface area contributed by atoms with Crippen molar-refractivity contribution in [2.75, 3.05) is 0 Å². The van der Waals surface area contributed by atoms with Crippen LogP contribution in [0.1, 0.15) is 44.9 Å². The topological polar surface area (TPSA) is 20.2 Å². The second kappa shape index (κ2) is 7.19. The lowest BCUT2D eigenvalue weighted by molar-refractivity contribution is 0.379. The van der Waals surface area contributed by atoms with Crippen LogP contribution in [0.2, 0.25) is 0 Å². The Balaban J connectivity index is 2.49. The summed E-state index contributed by atoms with van der Waals surface area (Å²) in [6.07, 6.45) is 9.80. The van der Waals surface area contributed by atoms with Crippen molar-refractivity contribution in [2.45, 2.75) is 54.6 Å². The normalized spacial score (nSPS) is 28.6. The minimum atomic E-state index is -0.820. The van der Waals surface area contributed by atoms with Gasteiger partial charge in [0.1, 0.15) is 12.2 Å². The third-order valence-corrected chi connectivity index (χ3v) is 14.8. The summed E-state index contributed by atoms with van der Waals surface area (Å²) in [5.41, 5.74) is 2.34. The molecule has 0 bridgehead atoms. The van der Waals surface area contributed by atoms with Gasteiger partial charge in [0.25, 0.3) is 0 Å². The molecule has 0 saturated carbocycles. The van der Waals surface area contributed by atoms with Crippen molar-refractivity contribution in [1.82, 2.24) is 0 Å². The largest absolute Gasteiger partial charge is 0.510 e. The lowest BCUT2D eigenvalue weighted by Gasteiger charge is -2.41. The minimum absolute atomic E-state index is 0.338. The van der Waals surface area contributed by atoms with E-state index in [0.29, 0.717) is 5.76 Å². The van der Waals surface area contributed by atoms with Crippen LogP contribution in [0.5, 0.6) is 0 Å². The molecule has 0 amide bonds. The fraction of sp³-hybridized carbons (Fsp3) is 0.714. The third kappa shape index (κ3) is 3.73. The number of aliphatic hydroxyl groups excluding tert-OH is 1. The van der Waals surface area contributed by atoms with E-state index in [2.05, 4.69) is 102 Å². The molecule has 0 heterocycles. The zero-order valence-corrected chi connectivity index (χ0v) is 20.8. The van der Waals surface area contributed by atoms with Crippen LogP contribution < -0.4 is 0 Å². The number of aliphatic hydroxyl groups is 1. The molecule has 0 spiro atoms. The first-order valence-electron chi connectivity index (χ1n) is 6.87. The number of rotatable bonds is 1. The summed E-state index contributed by atoms with van der Waals surface area (Å²) < 4.78 is -1.88. The summed E-state index contributed by atoms with van der Waals surface area (Å²) in [5, 5.41) is 10.9. The van der Waals surface area contributed by atoms with Crippen molar-refractivity contribution >= 4 is 95.6 Å². The Labute approximate surface area is 176 Å². The van der Waals surface area contributed by atoms with Gasteiger partial charge in [-0.05, 0) is 49.7 Å². The van der Waals surface area contributed by atoms with E-state index in [-0.39, 0.29) is 0 Å². The maximum absolute atomic E-state index is 10.9. The van der Waals surface area contributed by atoms with Crippen molar-refractivity contribution in [3.63, 3.8) is 0 Å². The van der Waals surface area contributed by atoms with Crippen LogP contribution in [-0.4, -0.2) is 14.8 Å². The molecule has 0 aromatic heterocycles. The molecule has 0 aromatic rings. The molecular weight excluding hydrogens is 664 g/mol. The Hall–Kier alpha value is 2.16. The summed E-state index contributed by atoms with van der Waals surface area (Å²) in [6.45, 7) is 0. The van der Waals surface area contributed by atoms with E-state index in [4.69, 9.17) is 0 Å². The molecule has 2 rings (SSSR count). The fourth-order valence-corrected chi connectivity index (χ4v) is 6.71. The molecule has 1 N–H and O–H groups in total. The van der Waals surface area contributed by atoms with Crippen LogP contribution in [0, 0.1) is 0 Å². The molecule has 0 aromatic carbocycles. The van der Waals surface area contributed by atoms with Gasteiger partial charge in [-0.25, -0.2) is 0 Å². The van der Waals surface area contributed by atoms with Crippen LogP contribution in [0.15, 0.2) is 23.0 Å². The van der Waals surface area contributed by atoms with Gasteiger partial charge in [0.05, 0.1) is 0 Å². The molecule has 0 fully saturated rings. The lowest BCUT2D eigenvalue weighted by atomic mass is 9.96. The summed E-state index contributed by atoms with van der Waals surface area (Å²) >= 11 is 22.2. The molecule has 0 atom stereocenters. The first kappa shape index (κ1) is 19.5. The number of hydrogen-bond donors (Lipinski definition) is 1. The van der Waals surface area contributed by atoms with Crippen LogP contribution in [0.25, 0.3) is 0 Å². The van der Waals surface area contributed by atoms with Crippen LogP contribution >= 0.6 is 95.6 Å². The van der Waals surface area contributed by atoms with Gasteiger partial charge in [-0.1, -0.05) is 108 Å². The van der Waals surface area contributed by atoms with Crippen LogP contribution in [0.4, 0.5) is 0 Å². The van der Waals surface area contributed by atoms with Gasteiger partial charge < -0.3 is 5.11 Å². The van der Waals surface area contributed by atoms with Crippen molar-refractivity contribution in [3.8, 4) is 0 Å². The molecule has 120 valence electrons. The van der Waals surface area contributed by atoms with Gasteiger partial charge in [-0.2, -0.15) is 0 Å². The molecule has 0 aliphatic heterocycles.